The van der Waals surface area contributed by atoms with E-state index in [1.807, 2.05) is 0 Å². The lowest BCUT2D eigenvalue weighted by Crippen LogP contribution is -2.35. The quantitative estimate of drug-likeness (QED) is 0.190. The number of hydrogen-bond donors (Lipinski definition) is 0. The summed E-state index contributed by atoms with van der Waals surface area (Å²) in [6.45, 7) is 11.9. The summed E-state index contributed by atoms with van der Waals surface area (Å²) in [6.07, 6.45) is 8.98. The molecular formula is C47H41N. The van der Waals surface area contributed by atoms with Gasteiger partial charge in [0.2, 0.25) is 0 Å². The number of fused-ring (bicyclic) bond motifs is 8. The molecule has 0 fully saturated rings. The van der Waals surface area contributed by atoms with Crippen molar-refractivity contribution in [2.75, 3.05) is 4.90 Å². The van der Waals surface area contributed by atoms with Crippen LogP contribution >= 0.6 is 0 Å². The minimum atomic E-state index is -0.124. The summed E-state index contributed by atoms with van der Waals surface area (Å²) in [5.74, 6) is 0.403. The van der Waals surface area contributed by atoms with Crippen molar-refractivity contribution in [1.29, 1.82) is 0 Å². The van der Waals surface area contributed by atoms with Crippen LogP contribution in [0.25, 0.3) is 44.2 Å². The van der Waals surface area contributed by atoms with Crippen LogP contribution in [0, 0.1) is 5.92 Å². The molecule has 234 valence electrons. The first kappa shape index (κ1) is 29.0. The second-order valence-electron chi connectivity index (χ2n) is 15.0. The van der Waals surface area contributed by atoms with Gasteiger partial charge in [0, 0.05) is 22.2 Å². The van der Waals surface area contributed by atoms with Gasteiger partial charge in [0.05, 0.1) is 6.04 Å². The second-order valence-corrected chi connectivity index (χ2v) is 15.0. The van der Waals surface area contributed by atoms with Crippen molar-refractivity contribution < 1.29 is 0 Å². The summed E-state index contributed by atoms with van der Waals surface area (Å²) in [6, 6.07) is 45.9. The average Bonchev–Trinajstić information content (AvgIpc) is 3.48. The molecule has 2 unspecified atom stereocenters. The maximum Gasteiger partial charge on any atom is 0.0585 e. The highest BCUT2D eigenvalue weighted by Crippen LogP contribution is 2.58. The molecule has 0 amide bonds. The third kappa shape index (κ3) is 4.10. The van der Waals surface area contributed by atoms with E-state index in [0.29, 0.717) is 5.92 Å². The van der Waals surface area contributed by atoms with Gasteiger partial charge in [-0.2, -0.15) is 0 Å². The van der Waals surface area contributed by atoms with Gasteiger partial charge in [0.1, 0.15) is 0 Å². The number of nitrogens with zero attached hydrogens (tertiary/aromatic N) is 1. The van der Waals surface area contributed by atoms with Gasteiger partial charge in [-0.15, -0.1) is 0 Å². The fraction of sp³-hybridized carbons (Fsp3) is 0.191. The Morgan fingerprint density at radius 3 is 1.83 bits per heavy atom. The molecule has 9 rings (SSSR count). The van der Waals surface area contributed by atoms with E-state index < -0.39 is 0 Å². The van der Waals surface area contributed by atoms with Crippen LogP contribution in [0.4, 0.5) is 11.4 Å². The molecule has 0 heterocycles. The molecule has 0 saturated heterocycles. The smallest absolute Gasteiger partial charge is 0.0585 e. The SMILES string of the molecule is CC1C=CC=CC1N(c1ccccc1)c1ccc(-c2cc3c(c4ccccc24)-c2cc4c(cc2C3(C)C)-c2ccccc2C4(C)C)cc1. The van der Waals surface area contributed by atoms with Crippen molar-refractivity contribution >= 4 is 22.1 Å². The lowest BCUT2D eigenvalue weighted by atomic mass is 9.79. The number of benzene rings is 6. The van der Waals surface area contributed by atoms with Crippen LogP contribution in [0.15, 0.2) is 146 Å². The lowest BCUT2D eigenvalue weighted by molar-refractivity contribution is 0.609. The van der Waals surface area contributed by atoms with Gasteiger partial charge >= 0.3 is 0 Å². The van der Waals surface area contributed by atoms with Crippen LogP contribution in [0.5, 0.6) is 0 Å². The molecular weight excluding hydrogens is 579 g/mol. The molecule has 0 spiro atoms. The van der Waals surface area contributed by atoms with E-state index in [0.717, 1.165) is 0 Å². The minimum absolute atomic E-state index is 0.0273. The number of allylic oxidation sites excluding steroid dienone is 2. The van der Waals surface area contributed by atoms with E-state index in [4.69, 9.17) is 0 Å². The second kappa shape index (κ2) is 10.4. The van der Waals surface area contributed by atoms with Crippen molar-refractivity contribution in [3.8, 4) is 33.4 Å². The van der Waals surface area contributed by atoms with Crippen molar-refractivity contribution in [1.82, 2.24) is 0 Å². The number of para-hydroxylation sites is 1. The highest BCUT2D eigenvalue weighted by atomic mass is 15.2. The van der Waals surface area contributed by atoms with E-state index >= 15 is 0 Å². The zero-order valence-corrected chi connectivity index (χ0v) is 28.5. The van der Waals surface area contributed by atoms with E-state index in [-0.39, 0.29) is 16.9 Å². The first-order chi connectivity index (χ1) is 23.2. The molecule has 3 aliphatic carbocycles. The zero-order valence-electron chi connectivity index (χ0n) is 28.5. The molecule has 2 atom stereocenters. The normalized spacial score (nSPS) is 19.1. The molecule has 6 aromatic rings. The van der Waals surface area contributed by atoms with E-state index in [9.17, 15) is 0 Å². The first-order valence-electron chi connectivity index (χ1n) is 17.4. The number of anilines is 2. The number of hydrogen-bond acceptors (Lipinski definition) is 1. The molecule has 0 radical (unpaired) electrons. The van der Waals surface area contributed by atoms with Crippen LogP contribution in [-0.4, -0.2) is 6.04 Å². The Morgan fingerprint density at radius 1 is 0.479 bits per heavy atom. The third-order valence-electron chi connectivity index (χ3n) is 11.5. The molecule has 0 aliphatic heterocycles. The summed E-state index contributed by atoms with van der Waals surface area (Å²) in [5, 5.41) is 2.65. The summed E-state index contributed by atoms with van der Waals surface area (Å²) in [4.78, 5) is 2.48. The van der Waals surface area contributed by atoms with Crippen LogP contribution in [0.3, 0.4) is 0 Å². The first-order valence-corrected chi connectivity index (χ1v) is 17.4. The standard InChI is InChI=1S/C47H41N/c1-30-15-9-14-22-44(30)48(32-16-7-6-8-17-32)33-25-23-31(24-26-33)37-27-43-45(36-20-11-10-18-34(36)37)39-29-41-38(28-42(39)47(43,4)5)35-19-12-13-21-40(35)46(41,2)3/h6-30,44H,1-5H3. The molecule has 0 aromatic heterocycles. The Kier molecular flexibility index (Phi) is 6.31. The fourth-order valence-corrected chi connectivity index (χ4v) is 8.93. The summed E-state index contributed by atoms with van der Waals surface area (Å²) in [5.41, 5.74) is 16.1. The van der Waals surface area contributed by atoms with Gasteiger partial charge in [0.15, 0.2) is 0 Å². The van der Waals surface area contributed by atoms with Crippen molar-refractivity contribution in [2.45, 2.75) is 51.5 Å². The summed E-state index contributed by atoms with van der Waals surface area (Å²) < 4.78 is 0. The molecule has 48 heavy (non-hydrogen) atoms. The van der Waals surface area contributed by atoms with E-state index in [1.54, 1.807) is 0 Å². The van der Waals surface area contributed by atoms with Crippen LogP contribution in [0.2, 0.25) is 0 Å². The van der Waals surface area contributed by atoms with Crippen molar-refractivity contribution in [2.24, 2.45) is 5.92 Å². The molecule has 0 bridgehead atoms. The highest BCUT2D eigenvalue weighted by Gasteiger charge is 2.42. The fourth-order valence-electron chi connectivity index (χ4n) is 8.93. The van der Waals surface area contributed by atoms with Gasteiger partial charge in [-0.05, 0) is 115 Å². The van der Waals surface area contributed by atoms with Gasteiger partial charge in [-0.3, -0.25) is 0 Å². The molecule has 1 heteroatoms. The van der Waals surface area contributed by atoms with Gasteiger partial charge < -0.3 is 4.90 Å². The molecule has 0 N–H and O–H groups in total. The van der Waals surface area contributed by atoms with Crippen molar-refractivity contribution in [3.63, 3.8) is 0 Å². The maximum absolute atomic E-state index is 2.53. The lowest BCUT2D eigenvalue weighted by Gasteiger charge is -2.36. The predicted octanol–water partition coefficient (Wildman–Crippen LogP) is 12.4. The van der Waals surface area contributed by atoms with E-state index in [2.05, 4.69) is 185 Å². The molecule has 1 nitrogen and oxygen atoms in total. The zero-order chi connectivity index (χ0) is 32.8. The van der Waals surface area contributed by atoms with Crippen LogP contribution in [0.1, 0.15) is 56.9 Å². The summed E-state index contributed by atoms with van der Waals surface area (Å²) in [7, 11) is 0. The van der Waals surface area contributed by atoms with Gasteiger partial charge in [0.25, 0.3) is 0 Å². The van der Waals surface area contributed by atoms with Gasteiger partial charge in [-0.25, -0.2) is 0 Å². The third-order valence-corrected chi connectivity index (χ3v) is 11.5. The monoisotopic (exact) mass is 619 g/mol. The summed E-state index contributed by atoms with van der Waals surface area (Å²) >= 11 is 0. The minimum Gasteiger partial charge on any atom is -0.334 e. The maximum atomic E-state index is 2.53. The molecule has 0 saturated carbocycles. The Hall–Kier alpha value is -5.14. The van der Waals surface area contributed by atoms with Crippen molar-refractivity contribution in [3.05, 3.63) is 168 Å². The van der Waals surface area contributed by atoms with Gasteiger partial charge in [-0.1, -0.05) is 138 Å². The highest BCUT2D eigenvalue weighted by molar-refractivity contribution is 6.09. The molecule has 3 aliphatic rings. The van der Waals surface area contributed by atoms with Crippen LogP contribution in [-0.2, 0) is 10.8 Å². The number of rotatable bonds is 4. The Labute approximate surface area is 284 Å². The van der Waals surface area contributed by atoms with Crippen LogP contribution < -0.4 is 4.90 Å². The van der Waals surface area contributed by atoms with E-state index in [1.165, 1.54) is 77.8 Å². The average molecular weight is 620 g/mol. The predicted molar refractivity (Wildman–Crippen MR) is 204 cm³/mol. The Balaban J connectivity index is 1.19. The topological polar surface area (TPSA) is 3.24 Å². The Bertz CT molecular complexity index is 2300. The molecule has 6 aromatic carbocycles. The largest absolute Gasteiger partial charge is 0.334 e. The Morgan fingerprint density at radius 2 is 1.06 bits per heavy atom.